The SMILES string of the molecule is Cl.Cl.NCC(=O)NCC(=O)N1CCN(C2CC3CCC2C3)CC1. The van der Waals surface area contributed by atoms with Gasteiger partial charge in [-0.2, -0.15) is 0 Å². The van der Waals surface area contributed by atoms with Crippen molar-refractivity contribution in [1.29, 1.82) is 0 Å². The third kappa shape index (κ3) is 4.72. The number of fused-ring (bicyclic) bond motifs is 2. The number of hydrogen-bond donors (Lipinski definition) is 2. The molecule has 23 heavy (non-hydrogen) atoms. The Morgan fingerprint density at radius 3 is 2.26 bits per heavy atom. The van der Waals surface area contributed by atoms with Crippen LogP contribution in [0.2, 0.25) is 0 Å². The van der Waals surface area contributed by atoms with Crippen molar-refractivity contribution in [3.8, 4) is 0 Å². The molecule has 1 heterocycles. The van der Waals surface area contributed by atoms with Crippen LogP contribution in [0.15, 0.2) is 0 Å². The van der Waals surface area contributed by atoms with Gasteiger partial charge in [-0.3, -0.25) is 14.5 Å². The molecule has 0 spiro atoms. The predicted octanol–water partition coefficient (Wildman–Crippen LogP) is 0.238. The number of carbonyl (C=O) groups excluding carboxylic acids is 2. The molecule has 1 aliphatic heterocycles. The molecule has 0 aromatic carbocycles. The first-order valence-corrected chi connectivity index (χ1v) is 8.16. The Morgan fingerprint density at radius 1 is 1.04 bits per heavy atom. The molecule has 2 saturated carbocycles. The first-order valence-electron chi connectivity index (χ1n) is 8.16. The van der Waals surface area contributed by atoms with E-state index in [1.807, 2.05) is 4.90 Å². The monoisotopic (exact) mass is 366 g/mol. The Kier molecular flexibility index (Phi) is 8.07. The predicted molar refractivity (Wildman–Crippen MR) is 93.9 cm³/mol. The Morgan fingerprint density at radius 2 is 1.74 bits per heavy atom. The van der Waals surface area contributed by atoms with Crippen LogP contribution in [0.5, 0.6) is 0 Å². The molecule has 134 valence electrons. The second kappa shape index (κ2) is 9.06. The topological polar surface area (TPSA) is 78.7 Å². The molecule has 3 unspecified atom stereocenters. The third-order valence-electron chi connectivity index (χ3n) is 5.46. The summed E-state index contributed by atoms with van der Waals surface area (Å²) in [6.45, 7) is 3.53. The van der Waals surface area contributed by atoms with Gasteiger partial charge >= 0.3 is 0 Å². The summed E-state index contributed by atoms with van der Waals surface area (Å²) in [4.78, 5) is 27.6. The fourth-order valence-electron chi connectivity index (χ4n) is 4.32. The smallest absolute Gasteiger partial charge is 0.242 e. The van der Waals surface area contributed by atoms with Crippen molar-refractivity contribution in [3.05, 3.63) is 0 Å². The minimum Gasteiger partial charge on any atom is -0.346 e. The van der Waals surface area contributed by atoms with Crippen LogP contribution in [-0.2, 0) is 9.59 Å². The Hall–Kier alpha value is -0.560. The van der Waals surface area contributed by atoms with Crippen LogP contribution in [0.3, 0.4) is 0 Å². The zero-order valence-corrected chi connectivity index (χ0v) is 15.0. The summed E-state index contributed by atoms with van der Waals surface area (Å²) in [5, 5.41) is 2.55. The number of nitrogens with two attached hydrogens (primary N) is 1. The summed E-state index contributed by atoms with van der Waals surface area (Å²) in [5.74, 6) is 1.60. The zero-order valence-electron chi connectivity index (χ0n) is 13.4. The lowest BCUT2D eigenvalue weighted by Crippen LogP contribution is -2.54. The number of nitrogens with zero attached hydrogens (tertiary/aromatic N) is 2. The van der Waals surface area contributed by atoms with E-state index in [0.717, 1.165) is 44.1 Å². The van der Waals surface area contributed by atoms with Crippen LogP contribution in [0.25, 0.3) is 0 Å². The minimum absolute atomic E-state index is 0. The van der Waals surface area contributed by atoms with Crippen LogP contribution >= 0.6 is 24.8 Å². The lowest BCUT2D eigenvalue weighted by atomic mass is 9.93. The second-order valence-electron chi connectivity index (χ2n) is 6.64. The highest BCUT2D eigenvalue weighted by molar-refractivity contribution is 5.86. The fraction of sp³-hybridized carbons (Fsp3) is 0.867. The van der Waals surface area contributed by atoms with Gasteiger partial charge in [-0.1, -0.05) is 6.42 Å². The molecule has 0 radical (unpaired) electrons. The van der Waals surface area contributed by atoms with Gasteiger partial charge in [0.05, 0.1) is 13.1 Å². The Balaban J connectivity index is 0.00000132. The van der Waals surface area contributed by atoms with E-state index < -0.39 is 0 Å². The number of halogens is 2. The molecular formula is C15H28Cl2N4O2. The molecule has 3 atom stereocenters. The van der Waals surface area contributed by atoms with Crippen LogP contribution in [0.1, 0.15) is 25.7 Å². The normalized spacial score (nSPS) is 29.6. The first-order chi connectivity index (χ1) is 10.2. The molecule has 3 aliphatic rings. The quantitative estimate of drug-likeness (QED) is 0.746. The number of nitrogens with one attached hydrogen (secondary N) is 1. The zero-order chi connectivity index (χ0) is 14.8. The summed E-state index contributed by atoms with van der Waals surface area (Å²) in [6.07, 6.45) is 5.63. The molecule has 3 rings (SSSR count). The lowest BCUT2D eigenvalue weighted by molar-refractivity contribution is -0.134. The van der Waals surface area contributed by atoms with Crippen LogP contribution in [0.4, 0.5) is 0 Å². The largest absolute Gasteiger partial charge is 0.346 e. The molecule has 2 amide bonds. The van der Waals surface area contributed by atoms with Crippen LogP contribution in [-0.4, -0.2) is 66.9 Å². The molecule has 8 heteroatoms. The molecule has 3 fully saturated rings. The number of piperazine rings is 1. The average molecular weight is 367 g/mol. The van der Waals surface area contributed by atoms with E-state index >= 15 is 0 Å². The third-order valence-corrected chi connectivity index (χ3v) is 5.46. The molecule has 0 aromatic heterocycles. The van der Waals surface area contributed by atoms with Gasteiger partial charge in [0.1, 0.15) is 0 Å². The average Bonchev–Trinajstić information content (AvgIpc) is 3.15. The first kappa shape index (κ1) is 20.5. The van der Waals surface area contributed by atoms with Gasteiger partial charge < -0.3 is 16.0 Å². The van der Waals surface area contributed by atoms with Gasteiger partial charge in [0.15, 0.2) is 0 Å². The van der Waals surface area contributed by atoms with Gasteiger partial charge in [-0.15, -0.1) is 24.8 Å². The van der Waals surface area contributed by atoms with E-state index in [0.29, 0.717) is 0 Å². The second-order valence-corrected chi connectivity index (χ2v) is 6.64. The highest BCUT2D eigenvalue weighted by Gasteiger charge is 2.42. The number of rotatable bonds is 4. The Bertz CT molecular complexity index is 416. The standard InChI is InChI=1S/C15H26N4O2.2ClH/c16-9-14(20)17-10-15(21)19-5-3-18(4-6-19)13-8-11-1-2-12(13)7-11;;/h11-13H,1-10,16H2,(H,17,20);2*1H. The van der Waals surface area contributed by atoms with Gasteiger partial charge in [0.25, 0.3) is 0 Å². The highest BCUT2D eigenvalue weighted by Crippen LogP contribution is 2.46. The molecule has 6 nitrogen and oxygen atoms in total. The summed E-state index contributed by atoms with van der Waals surface area (Å²) >= 11 is 0. The summed E-state index contributed by atoms with van der Waals surface area (Å²) in [6, 6.07) is 0.762. The van der Waals surface area contributed by atoms with Crippen molar-refractivity contribution in [2.75, 3.05) is 39.3 Å². The van der Waals surface area contributed by atoms with E-state index in [2.05, 4.69) is 10.2 Å². The molecule has 1 saturated heterocycles. The maximum Gasteiger partial charge on any atom is 0.242 e. The van der Waals surface area contributed by atoms with Gasteiger partial charge in [-0.25, -0.2) is 0 Å². The molecule has 2 aliphatic carbocycles. The number of carbonyl (C=O) groups is 2. The van der Waals surface area contributed by atoms with Crippen LogP contribution < -0.4 is 11.1 Å². The van der Waals surface area contributed by atoms with Crippen molar-refractivity contribution < 1.29 is 9.59 Å². The maximum absolute atomic E-state index is 12.0. The fourth-order valence-corrected chi connectivity index (χ4v) is 4.32. The number of hydrogen-bond acceptors (Lipinski definition) is 4. The van der Waals surface area contributed by atoms with Crippen molar-refractivity contribution in [1.82, 2.24) is 15.1 Å². The van der Waals surface area contributed by atoms with Gasteiger partial charge in [-0.05, 0) is 31.1 Å². The number of amides is 2. The van der Waals surface area contributed by atoms with Crippen molar-refractivity contribution in [2.45, 2.75) is 31.7 Å². The van der Waals surface area contributed by atoms with E-state index in [1.165, 1.54) is 25.7 Å². The molecule has 2 bridgehead atoms. The van der Waals surface area contributed by atoms with E-state index in [9.17, 15) is 9.59 Å². The minimum atomic E-state index is -0.274. The van der Waals surface area contributed by atoms with Crippen molar-refractivity contribution in [2.24, 2.45) is 17.6 Å². The van der Waals surface area contributed by atoms with Crippen molar-refractivity contribution in [3.63, 3.8) is 0 Å². The van der Waals surface area contributed by atoms with E-state index in [1.54, 1.807) is 0 Å². The highest BCUT2D eigenvalue weighted by atomic mass is 35.5. The van der Waals surface area contributed by atoms with E-state index in [-0.39, 0.29) is 49.7 Å². The molecule has 3 N–H and O–H groups in total. The summed E-state index contributed by atoms with van der Waals surface area (Å²) in [7, 11) is 0. The van der Waals surface area contributed by atoms with E-state index in [4.69, 9.17) is 5.73 Å². The van der Waals surface area contributed by atoms with Crippen molar-refractivity contribution >= 4 is 36.6 Å². The maximum atomic E-state index is 12.0. The van der Waals surface area contributed by atoms with Gasteiger partial charge in [0.2, 0.25) is 11.8 Å². The Labute approximate surface area is 150 Å². The van der Waals surface area contributed by atoms with Crippen LogP contribution in [0, 0.1) is 11.8 Å². The molecular weight excluding hydrogens is 339 g/mol. The lowest BCUT2D eigenvalue weighted by Gasteiger charge is -2.41. The summed E-state index contributed by atoms with van der Waals surface area (Å²) in [5.41, 5.74) is 5.21. The van der Waals surface area contributed by atoms with Gasteiger partial charge in [0, 0.05) is 32.2 Å². The summed E-state index contributed by atoms with van der Waals surface area (Å²) < 4.78 is 0. The molecule has 0 aromatic rings.